The Bertz CT molecular complexity index is 349. The molecule has 6 nitrogen and oxygen atoms in total. The molecule has 0 saturated carbocycles. The van der Waals surface area contributed by atoms with Gasteiger partial charge in [0.15, 0.2) is 0 Å². The van der Waals surface area contributed by atoms with E-state index in [1.54, 1.807) is 13.8 Å². The molecule has 3 N–H and O–H groups in total. The first-order valence-electron chi connectivity index (χ1n) is 7.06. The van der Waals surface area contributed by atoms with Gasteiger partial charge in [0.2, 0.25) is 11.8 Å². The second-order valence-corrected chi connectivity index (χ2v) is 5.29. The van der Waals surface area contributed by atoms with Gasteiger partial charge in [-0.2, -0.15) is 0 Å². The summed E-state index contributed by atoms with van der Waals surface area (Å²) in [6.45, 7) is 7.48. The van der Waals surface area contributed by atoms with E-state index in [1.165, 1.54) is 0 Å². The number of amides is 2. The Morgan fingerprint density at radius 1 is 1.10 bits per heavy atom. The summed E-state index contributed by atoms with van der Waals surface area (Å²) in [5, 5.41) is 14.6. The number of carbonyl (C=O) groups excluding carboxylic acids is 2. The van der Waals surface area contributed by atoms with Gasteiger partial charge in [-0.05, 0) is 26.7 Å². The second-order valence-electron chi connectivity index (χ2n) is 5.29. The van der Waals surface area contributed by atoms with E-state index in [0.29, 0.717) is 12.8 Å². The molecular weight excluding hydrogens is 260 g/mol. The highest BCUT2D eigenvalue weighted by atomic mass is 16.4. The number of aliphatic carboxylic acids is 1. The Kier molecular flexibility index (Phi) is 7.87. The number of hydrogen-bond donors (Lipinski definition) is 3. The summed E-state index contributed by atoms with van der Waals surface area (Å²) in [5.41, 5.74) is -1.01. The fraction of sp³-hybridized carbons (Fsp3) is 0.786. The normalized spacial score (nSPS) is 11.2. The van der Waals surface area contributed by atoms with Crippen molar-refractivity contribution >= 4 is 17.8 Å². The topological polar surface area (TPSA) is 95.5 Å². The molecule has 0 atom stereocenters. The van der Waals surface area contributed by atoms with Crippen molar-refractivity contribution in [2.45, 2.75) is 59.4 Å². The van der Waals surface area contributed by atoms with Crippen LogP contribution in [0.15, 0.2) is 0 Å². The number of hydrogen-bond acceptors (Lipinski definition) is 3. The van der Waals surface area contributed by atoms with Crippen LogP contribution in [-0.4, -0.2) is 35.5 Å². The molecule has 0 rings (SSSR count). The van der Waals surface area contributed by atoms with Crippen LogP contribution in [0.2, 0.25) is 0 Å². The smallest absolute Gasteiger partial charge is 0.310 e. The minimum Gasteiger partial charge on any atom is -0.481 e. The van der Waals surface area contributed by atoms with E-state index in [2.05, 4.69) is 10.6 Å². The van der Waals surface area contributed by atoms with Gasteiger partial charge in [-0.15, -0.1) is 0 Å². The first kappa shape index (κ1) is 18.4. The maximum Gasteiger partial charge on any atom is 0.310 e. The fourth-order valence-corrected chi connectivity index (χ4v) is 1.96. The lowest BCUT2D eigenvalue weighted by Gasteiger charge is -2.25. The van der Waals surface area contributed by atoms with Crippen LogP contribution in [-0.2, 0) is 14.4 Å². The van der Waals surface area contributed by atoms with E-state index in [1.807, 2.05) is 13.8 Å². The first-order valence-corrected chi connectivity index (χ1v) is 7.06. The van der Waals surface area contributed by atoms with Crippen LogP contribution in [0.3, 0.4) is 0 Å². The Morgan fingerprint density at radius 3 is 2.05 bits per heavy atom. The predicted octanol–water partition coefficient (Wildman–Crippen LogP) is 1.30. The second kappa shape index (κ2) is 8.55. The van der Waals surface area contributed by atoms with Gasteiger partial charge in [0.25, 0.3) is 0 Å². The van der Waals surface area contributed by atoms with E-state index >= 15 is 0 Å². The van der Waals surface area contributed by atoms with E-state index in [-0.39, 0.29) is 37.2 Å². The summed E-state index contributed by atoms with van der Waals surface area (Å²) in [7, 11) is 0. The molecule has 0 saturated heterocycles. The highest BCUT2D eigenvalue weighted by Crippen LogP contribution is 2.30. The number of carboxylic acid groups (broad SMARTS) is 1. The first-order chi connectivity index (χ1) is 9.27. The standard InChI is InChI=1S/C14H26N2O4/c1-5-14(6-2,13(19)20)9-12(18)15-8-7-11(17)16-10(3)4/h10H,5-9H2,1-4H3,(H,15,18)(H,16,17)(H,19,20). The quantitative estimate of drug-likeness (QED) is 0.595. The SMILES string of the molecule is CCC(CC)(CC(=O)NCCC(=O)NC(C)C)C(=O)O. The van der Waals surface area contributed by atoms with Crippen LogP contribution in [0.25, 0.3) is 0 Å². The molecule has 20 heavy (non-hydrogen) atoms. The van der Waals surface area contributed by atoms with Crippen molar-refractivity contribution in [3.05, 3.63) is 0 Å². The van der Waals surface area contributed by atoms with Crippen LogP contribution < -0.4 is 10.6 Å². The Labute approximate surface area is 120 Å². The Morgan fingerprint density at radius 2 is 1.65 bits per heavy atom. The lowest BCUT2D eigenvalue weighted by atomic mass is 9.79. The molecule has 0 aromatic heterocycles. The van der Waals surface area contributed by atoms with Crippen molar-refractivity contribution in [2.24, 2.45) is 5.41 Å². The van der Waals surface area contributed by atoms with Gasteiger partial charge in [-0.25, -0.2) is 0 Å². The maximum atomic E-state index is 11.8. The van der Waals surface area contributed by atoms with Gasteiger partial charge in [0, 0.05) is 25.4 Å². The van der Waals surface area contributed by atoms with Gasteiger partial charge in [0.1, 0.15) is 0 Å². The molecular formula is C14H26N2O4. The molecule has 0 aromatic rings. The molecule has 0 spiro atoms. The maximum absolute atomic E-state index is 11.8. The van der Waals surface area contributed by atoms with E-state index in [4.69, 9.17) is 0 Å². The van der Waals surface area contributed by atoms with Gasteiger partial charge < -0.3 is 15.7 Å². The molecule has 0 heterocycles. The minimum atomic E-state index is -1.01. The molecule has 0 bridgehead atoms. The number of nitrogens with one attached hydrogen (secondary N) is 2. The number of rotatable bonds is 9. The third-order valence-corrected chi connectivity index (χ3v) is 3.43. The molecule has 0 radical (unpaired) electrons. The molecule has 0 fully saturated rings. The third kappa shape index (κ3) is 6.04. The number of carbonyl (C=O) groups is 3. The molecule has 6 heteroatoms. The lowest BCUT2D eigenvalue weighted by Crippen LogP contribution is -2.38. The summed E-state index contributed by atoms with van der Waals surface area (Å²) < 4.78 is 0. The summed E-state index contributed by atoms with van der Waals surface area (Å²) in [5.74, 6) is -1.40. The largest absolute Gasteiger partial charge is 0.481 e. The molecule has 0 aromatic carbocycles. The van der Waals surface area contributed by atoms with Gasteiger partial charge in [0.05, 0.1) is 5.41 Å². The average Bonchev–Trinajstić information content (AvgIpc) is 2.34. The highest BCUT2D eigenvalue weighted by molar-refractivity contribution is 5.85. The summed E-state index contributed by atoms with van der Waals surface area (Å²) in [6.07, 6.45) is 0.948. The Hall–Kier alpha value is -1.59. The van der Waals surface area contributed by atoms with E-state index in [9.17, 15) is 19.5 Å². The summed E-state index contributed by atoms with van der Waals surface area (Å²) >= 11 is 0. The van der Waals surface area contributed by atoms with Crippen LogP contribution in [0, 0.1) is 5.41 Å². The number of carboxylic acids is 1. The predicted molar refractivity (Wildman–Crippen MR) is 76.2 cm³/mol. The van der Waals surface area contributed by atoms with Crippen molar-refractivity contribution in [3.8, 4) is 0 Å². The van der Waals surface area contributed by atoms with E-state index < -0.39 is 11.4 Å². The zero-order valence-corrected chi connectivity index (χ0v) is 12.8. The molecule has 0 aliphatic carbocycles. The van der Waals surface area contributed by atoms with Crippen LogP contribution >= 0.6 is 0 Å². The van der Waals surface area contributed by atoms with Gasteiger partial charge in [-0.1, -0.05) is 13.8 Å². The van der Waals surface area contributed by atoms with Crippen molar-refractivity contribution < 1.29 is 19.5 Å². The lowest BCUT2D eigenvalue weighted by molar-refractivity contribution is -0.152. The zero-order chi connectivity index (χ0) is 15.8. The van der Waals surface area contributed by atoms with Crippen molar-refractivity contribution in [1.82, 2.24) is 10.6 Å². The van der Waals surface area contributed by atoms with Gasteiger partial charge in [-0.3, -0.25) is 14.4 Å². The minimum absolute atomic E-state index is 0.0544. The molecule has 0 unspecified atom stereocenters. The summed E-state index contributed by atoms with van der Waals surface area (Å²) in [6, 6.07) is 0.0676. The van der Waals surface area contributed by atoms with Crippen LogP contribution in [0.5, 0.6) is 0 Å². The molecule has 116 valence electrons. The van der Waals surface area contributed by atoms with Gasteiger partial charge >= 0.3 is 5.97 Å². The zero-order valence-electron chi connectivity index (χ0n) is 12.8. The average molecular weight is 286 g/mol. The molecule has 2 amide bonds. The van der Waals surface area contributed by atoms with E-state index in [0.717, 1.165) is 0 Å². The Balaban J connectivity index is 4.22. The van der Waals surface area contributed by atoms with Crippen molar-refractivity contribution in [2.75, 3.05) is 6.54 Å². The van der Waals surface area contributed by atoms with Crippen molar-refractivity contribution in [1.29, 1.82) is 0 Å². The third-order valence-electron chi connectivity index (χ3n) is 3.43. The monoisotopic (exact) mass is 286 g/mol. The highest BCUT2D eigenvalue weighted by Gasteiger charge is 2.36. The van der Waals surface area contributed by atoms with Crippen LogP contribution in [0.1, 0.15) is 53.4 Å². The molecule has 0 aliphatic heterocycles. The molecule has 0 aliphatic rings. The van der Waals surface area contributed by atoms with Crippen LogP contribution in [0.4, 0.5) is 0 Å². The fourth-order valence-electron chi connectivity index (χ4n) is 1.96. The summed E-state index contributed by atoms with van der Waals surface area (Å²) in [4.78, 5) is 34.4. The van der Waals surface area contributed by atoms with Crippen molar-refractivity contribution in [3.63, 3.8) is 0 Å².